The number of nitrogens with zero attached hydrogens (tertiary/aromatic N) is 4. The van der Waals surface area contributed by atoms with Crippen molar-refractivity contribution in [2.45, 2.75) is 13.3 Å². The summed E-state index contributed by atoms with van der Waals surface area (Å²) in [5.74, 6) is 0.536. The summed E-state index contributed by atoms with van der Waals surface area (Å²) in [6.07, 6.45) is 3.77. The number of rotatable bonds is 6. The van der Waals surface area contributed by atoms with Crippen LogP contribution >= 0.6 is 0 Å². The van der Waals surface area contributed by atoms with Gasteiger partial charge in [-0.1, -0.05) is 0 Å². The van der Waals surface area contributed by atoms with Crippen LogP contribution in [0.5, 0.6) is 0 Å². The van der Waals surface area contributed by atoms with Gasteiger partial charge in [-0.2, -0.15) is 4.31 Å². The van der Waals surface area contributed by atoms with Crippen molar-refractivity contribution in [1.82, 2.24) is 19.6 Å². The number of anilines is 1. The third kappa shape index (κ3) is 4.63. The van der Waals surface area contributed by atoms with Crippen LogP contribution in [0.1, 0.15) is 13.3 Å². The fraction of sp³-hybridized carbons (Fsp3) is 0.615. The molecule has 0 radical (unpaired) electrons. The van der Waals surface area contributed by atoms with Gasteiger partial charge in [-0.15, -0.1) is 0 Å². The minimum Gasteiger partial charge on any atom is -0.356 e. The van der Waals surface area contributed by atoms with Gasteiger partial charge in [-0.3, -0.25) is 4.79 Å². The molecule has 0 spiro atoms. The second kappa shape index (κ2) is 7.50. The predicted molar refractivity (Wildman–Crippen MR) is 82.9 cm³/mol. The lowest BCUT2D eigenvalue weighted by Crippen LogP contribution is -2.49. The van der Waals surface area contributed by atoms with Crippen molar-refractivity contribution in [3.05, 3.63) is 18.5 Å². The summed E-state index contributed by atoms with van der Waals surface area (Å²) in [7, 11) is -3.27. The zero-order valence-electron chi connectivity index (χ0n) is 12.6. The SMILES string of the molecule is CC(=O)NCCCS(=O)(=O)N1CCN(c2ncccn2)CC1. The molecule has 1 fully saturated rings. The van der Waals surface area contributed by atoms with Gasteiger partial charge in [0.1, 0.15) is 0 Å². The molecule has 1 amide bonds. The Morgan fingerprint density at radius 1 is 1.23 bits per heavy atom. The Balaban J connectivity index is 1.81. The second-order valence-electron chi connectivity index (χ2n) is 5.09. The fourth-order valence-electron chi connectivity index (χ4n) is 2.27. The smallest absolute Gasteiger partial charge is 0.225 e. The molecule has 0 unspecified atom stereocenters. The Labute approximate surface area is 130 Å². The topological polar surface area (TPSA) is 95.5 Å². The van der Waals surface area contributed by atoms with E-state index in [1.807, 2.05) is 4.90 Å². The van der Waals surface area contributed by atoms with Gasteiger partial charge >= 0.3 is 0 Å². The number of hydrogen-bond acceptors (Lipinski definition) is 6. The maximum absolute atomic E-state index is 12.2. The minimum atomic E-state index is -3.27. The molecule has 0 aliphatic carbocycles. The molecule has 0 atom stereocenters. The summed E-state index contributed by atoms with van der Waals surface area (Å²) in [6.45, 7) is 3.82. The summed E-state index contributed by atoms with van der Waals surface area (Å²) in [5.41, 5.74) is 0. The van der Waals surface area contributed by atoms with Gasteiger partial charge in [0, 0.05) is 52.0 Å². The van der Waals surface area contributed by atoms with E-state index in [2.05, 4.69) is 15.3 Å². The van der Waals surface area contributed by atoms with Crippen molar-refractivity contribution < 1.29 is 13.2 Å². The number of carbonyl (C=O) groups is 1. The minimum absolute atomic E-state index is 0.0507. The number of aromatic nitrogens is 2. The largest absolute Gasteiger partial charge is 0.356 e. The van der Waals surface area contributed by atoms with Crippen LogP contribution in [0.25, 0.3) is 0 Å². The van der Waals surface area contributed by atoms with E-state index < -0.39 is 10.0 Å². The molecule has 0 saturated carbocycles. The molecule has 0 aromatic carbocycles. The van der Waals surface area contributed by atoms with Crippen molar-refractivity contribution in [3.63, 3.8) is 0 Å². The van der Waals surface area contributed by atoms with E-state index in [1.54, 1.807) is 18.5 Å². The van der Waals surface area contributed by atoms with Crippen molar-refractivity contribution in [2.24, 2.45) is 0 Å². The molecule has 1 aliphatic heterocycles. The van der Waals surface area contributed by atoms with Gasteiger partial charge in [0.15, 0.2) is 0 Å². The average molecular weight is 327 g/mol. The number of nitrogens with one attached hydrogen (secondary N) is 1. The molecule has 1 N–H and O–H groups in total. The van der Waals surface area contributed by atoms with Crippen LogP contribution in [0.15, 0.2) is 18.5 Å². The molecule has 8 nitrogen and oxygen atoms in total. The third-order valence-electron chi connectivity index (χ3n) is 3.42. The van der Waals surface area contributed by atoms with Gasteiger partial charge in [0.05, 0.1) is 5.75 Å². The molecule has 1 aliphatic rings. The van der Waals surface area contributed by atoms with Gasteiger partial charge < -0.3 is 10.2 Å². The molecule has 2 rings (SSSR count). The first-order chi connectivity index (χ1) is 10.5. The van der Waals surface area contributed by atoms with Crippen LogP contribution in [0, 0.1) is 0 Å². The molecule has 1 aromatic rings. The number of amides is 1. The Morgan fingerprint density at radius 2 is 1.86 bits per heavy atom. The van der Waals surface area contributed by atoms with Crippen LogP contribution in [-0.4, -0.2) is 67.1 Å². The van der Waals surface area contributed by atoms with Crippen molar-refractivity contribution in [2.75, 3.05) is 43.4 Å². The van der Waals surface area contributed by atoms with E-state index in [-0.39, 0.29) is 11.7 Å². The number of piperazine rings is 1. The highest BCUT2D eigenvalue weighted by Gasteiger charge is 2.27. The van der Waals surface area contributed by atoms with Gasteiger partial charge in [0.2, 0.25) is 21.9 Å². The summed E-state index contributed by atoms with van der Waals surface area (Å²) in [4.78, 5) is 21.1. The number of sulfonamides is 1. The maximum atomic E-state index is 12.2. The van der Waals surface area contributed by atoms with E-state index in [0.29, 0.717) is 45.1 Å². The summed E-state index contributed by atoms with van der Waals surface area (Å²) in [5, 5.41) is 2.60. The summed E-state index contributed by atoms with van der Waals surface area (Å²) >= 11 is 0. The lowest BCUT2D eigenvalue weighted by molar-refractivity contribution is -0.118. The Kier molecular flexibility index (Phi) is 5.67. The molecular weight excluding hydrogens is 306 g/mol. The number of carbonyl (C=O) groups excluding carboxylic acids is 1. The molecule has 9 heteroatoms. The van der Waals surface area contributed by atoms with E-state index in [9.17, 15) is 13.2 Å². The summed E-state index contributed by atoms with van der Waals surface area (Å²) in [6, 6.07) is 1.75. The predicted octanol–water partition coefficient (Wildman–Crippen LogP) is -0.545. The van der Waals surface area contributed by atoms with Crippen molar-refractivity contribution in [1.29, 1.82) is 0 Å². The molecule has 2 heterocycles. The van der Waals surface area contributed by atoms with Gasteiger partial charge in [0.25, 0.3) is 0 Å². The van der Waals surface area contributed by atoms with Crippen LogP contribution in [0.3, 0.4) is 0 Å². The van der Waals surface area contributed by atoms with Crippen LogP contribution in [-0.2, 0) is 14.8 Å². The monoisotopic (exact) mass is 327 g/mol. The van der Waals surface area contributed by atoms with Crippen LogP contribution in [0.4, 0.5) is 5.95 Å². The fourth-order valence-corrected chi connectivity index (χ4v) is 3.76. The first kappa shape index (κ1) is 16.6. The summed E-state index contributed by atoms with van der Waals surface area (Å²) < 4.78 is 26.0. The van der Waals surface area contributed by atoms with Crippen LogP contribution < -0.4 is 10.2 Å². The highest BCUT2D eigenvalue weighted by molar-refractivity contribution is 7.89. The Morgan fingerprint density at radius 3 is 2.45 bits per heavy atom. The zero-order chi connectivity index (χ0) is 16.0. The first-order valence-electron chi connectivity index (χ1n) is 7.23. The molecule has 22 heavy (non-hydrogen) atoms. The lowest BCUT2D eigenvalue weighted by Gasteiger charge is -2.33. The first-order valence-corrected chi connectivity index (χ1v) is 8.84. The highest BCUT2D eigenvalue weighted by atomic mass is 32.2. The van der Waals surface area contributed by atoms with E-state index in [4.69, 9.17) is 0 Å². The Bertz CT molecular complexity index is 585. The number of hydrogen-bond donors (Lipinski definition) is 1. The van der Waals surface area contributed by atoms with Gasteiger partial charge in [-0.25, -0.2) is 18.4 Å². The Hall–Kier alpha value is -1.74. The maximum Gasteiger partial charge on any atom is 0.225 e. The average Bonchev–Trinajstić information content (AvgIpc) is 2.52. The quantitative estimate of drug-likeness (QED) is 0.705. The third-order valence-corrected chi connectivity index (χ3v) is 5.38. The van der Waals surface area contributed by atoms with E-state index >= 15 is 0 Å². The molecule has 0 bridgehead atoms. The molecular formula is C13H21N5O3S. The standard InChI is InChI=1S/C13H21N5O3S/c1-12(19)14-6-3-11-22(20,21)18-9-7-17(8-10-18)13-15-4-2-5-16-13/h2,4-5H,3,6-11H2,1H3,(H,14,19). The molecule has 122 valence electrons. The van der Waals surface area contributed by atoms with Crippen LogP contribution in [0.2, 0.25) is 0 Å². The van der Waals surface area contributed by atoms with Crippen molar-refractivity contribution >= 4 is 21.9 Å². The lowest BCUT2D eigenvalue weighted by atomic mass is 10.4. The zero-order valence-corrected chi connectivity index (χ0v) is 13.4. The van der Waals surface area contributed by atoms with E-state index in [0.717, 1.165) is 0 Å². The van der Waals surface area contributed by atoms with Gasteiger partial charge in [-0.05, 0) is 12.5 Å². The molecule has 1 aromatic heterocycles. The van der Waals surface area contributed by atoms with Crippen molar-refractivity contribution in [3.8, 4) is 0 Å². The second-order valence-corrected chi connectivity index (χ2v) is 7.18. The highest BCUT2D eigenvalue weighted by Crippen LogP contribution is 2.13. The van der Waals surface area contributed by atoms with E-state index in [1.165, 1.54) is 11.2 Å². The normalized spacial score (nSPS) is 16.5. The molecule has 1 saturated heterocycles.